The highest BCUT2D eigenvalue weighted by Gasteiger charge is 2.39. The van der Waals surface area contributed by atoms with E-state index >= 15 is 0 Å². The maximum Gasteiger partial charge on any atom is 0.307 e. The van der Waals surface area contributed by atoms with E-state index in [-0.39, 0.29) is 12.4 Å². The fourth-order valence-electron chi connectivity index (χ4n) is 3.72. The first-order chi connectivity index (χ1) is 11.9. The Labute approximate surface area is 153 Å². The zero-order valence-electron chi connectivity index (χ0n) is 16.4. The molecule has 4 nitrogen and oxygen atoms in total. The summed E-state index contributed by atoms with van der Waals surface area (Å²) in [5.41, 5.74) is 1.45. The van der Waals surface area contributed by atoms with Crippen LogP contribution in [0.25, 0.3) is 0 Å². The highest BCUT2D eigenvalue weighted by atomic mass is 16.6. The van der Waals surface area contributed by atoms with Gasteiger partial charge in [0.15, 0.2) is 0 Å². The molecule has 0 fully saturated rings. The summed E-state index contributed by atoms with van der Waals surface area (Å²) in [6, 6.07) is 0. The summed E-state index contributed by atoms with van der Waals surface area (Å²) in [6.45, 7) is 6.30. The Bertz CT molecular complexity index is 467. The largest absolute Gasteiger partial charge is 0.481 e. The van der Waals surface area contributed by atoms with Crippen LogP contribution in [0.5, 0.6) is 0 Å². The second kappa shape index (κ2) is 11.3. The fraction of sp³-hybridized carbons (Fsp3) is 0.810. The monoisotopic (exact) mass is 352 g/mol. The van der Waals surface area contributed by atoms with Crippen LogP contribution in [0.4, 0.5) is 0 Å². The third-order valence-electron chi connectivity index (χ3n) is 5.19. The van der Waals surface area contributed by atoms with Gasteiger partial charge in [0.1, 0.15) is 5.60 Å². The van der Waals surface area contributed by atoms with Crippen molar-refractivity contribution in [2.24, 2.45) is 0 Å². The molecule has 1 atom stereocenters. The quantitative estimate of drug-likeness (QED) is 0.259. The summed E-state index contributed by atoms with van der Waals surface area (Å²) in [4.78, 5) is 23.4. The minimum Gasteiger partial charge on any atom is -0.481 e. The first kappa shape index (κ1) is 21.7. The summed E-state index contributed by atoms with van der Waals surface area (Å²) >= 11 is 0. The van der Waals surface area contributed by atoms with Gasteiger partial charge in [-0.05, 0) is 44.6 Å². The van der Waals surface area contributed by atoms with Crippen LogP contribution in [-0.2, 0) is 14.3 Å². The van der Waals surface area contributed by atoms with E-state index in [0.717, 1.165) is 62.5 Å². The number of aliphatic carboxylic acids is 1. The summed E-state index contributed by atoms with van der Waals surface area (Å²) in [7, 11) is 0. The van der Waals surface area contributed by atoms with Crippen molar-refractivity contribution < 1.29 is 19.4 Å². The number of hydrogen-bond acceptors (Lipinski definition) is 3. The molecule has 1 unspecified atom stereocenters. The third kappa shape index (κ3) is 7.62. The summed E-state index contributed by atoms with van der Waals surface area (Å²) in [5.74, 6) is -0.932. The number of carboxylic acids is 1. The van der Waals surface area contributed by atoms with Crippen molar-refractivity contribution in [2.75, 3.05) is 0 Å². The molecule has 0 heterocycles. The molecule has 4 heteroatoms. The lowest BCUT2D eigenvalue weighted by Crippen LogP contribution is -2.31. The molecule has 0 spiro atoms. The Morgan fingerprint density at radius 1 is 1.04 bits per heavy atom. The Balaban J connectivity index is 2.65. The lowest BCUT2D eigenvalue weighted by Gasteiger charge is -2.29. The van der Waals surface area contributed by atoms with E-state index in [2.05, 4.69) is 13.8 Å². The summed E-state index contributed by atoms with van der Waals surface area (Å²) in [6.07, 6.45) is 11.6. The average Bonchev–Trinajstić information content (AvgIpc) is 2.83. The molecule has 25 heavy (non-hydrogen) atoms. The molecule has 0 aromatic carbocycles. The first-order valence-electron chi connectivity index (χ1n) is 10.1. The van der Waals surface area contributed by atoms with Crippen LogP contribution >= 0.6 is 0 Å². The molecule has 0 aliphatic heterocycles. The molecular weight excluding hydrogens is 316 g/mol. The van der Waals surface area contributed by atoms with E-state index in [1.165, 1.54) is 19.3 Å². The van der Waals surface area contributed by atoms with Crippen molar-refractivity contribution in [2.45, 2.75) is 110 Å². The third-order valence-corrected chi connectivity index (χ3v) is 5.19. The van der Waals surface area contributed by atoms with Crippen LogP contribution in [0.2, 0.25) is 0 Å². The molecule has 0 saturated heterocycles. The number of ether oxygens (including phenoxy) is 1. The fourth-order valence-corrected chi connectivity index (χ4v) is 3.72. The van der Waals surface area contributed by atoms with Crippen molar-refractivity contribution in [1.82, 2.24) is 0 Å². The number of carboxylic acid groups (broad SMARTS) is 1. The molecule has 0 aromatic rings. The summed E-state index contributed by atoms with van der Waals surface area (Å²) in [5, 5.41) is 9.16. The van der Waals surface area contributed by atoms with Gasteiger partial charge in [0.25, 0.3) is 0 Å². The molecule has 0 amide bonds. The van der Waals surface area contributed by atoms with E-state index in [0.29, 0.717) is 6.42 Å². The van der Waals surface area contributed by atoms with Crippen molar-refractivity contribution >= 4 is 11.9 Å². The topological polar surface area (TPSA) is 63.6 Å². The van der Waals surface area contributed by atoms with Gasteiger partial charge in [-0.2, -0.15) is 0 Å². The van der Waals surface area contributed by atoms with Gasteiger partial charge in [0.05, 0.1) is 6.42 Å². The van der Waals surface area contributed by atoms with Crippen LogP contribution in [0, 0.1) is 0 Å². The average molecular weight is 353 g/mol. The molecule has 0 saturated carbocycles. The summed E-state index contributed by atoms with van der Waals surface area (Å²) < 4.78 is 5.87. The molecule has 144 valence electrons. The van der Waals surface area contributed by atoms with Crippen molar-refractivity contribution in [3.63, 3.8) is 0 Å². The van der Waals surface area contributed by atoms with Crippen molar-refractivity contribution in [3.05, 3.63) is 11.1 Å². The number of carbonyl (C=O) groups is 2. The normalized spacial score (nSPS) is 20.1. The molecule has 1 aliphatic rings. The number of carbonyl (C=O) groups excluding carboxylic acids is 1. The Kier molecular flexibility index (Phi) is 9.84. The van der Waals surface area contributed by atoms with Crippen LogP contribution < -0.4 is 0 Å². The molecule has 1 aliphatic carbocycles. The maximum absolute atomic E-state index is 12.3. The molecule has 1 rings (SSSR count). The van der Waals surface area contributed by atoms with E-state index in [4.69, 9.17) is 9.84 Å². The van der Waals surface area contributed by atoms with Crippen molar-refractivity contribution in [3.8, 4) is 0 Å². The van der Waals surface area contributed by atoms with E-state index in [9.17, 15) is 9.59 Å². The number of hydrogen-bond donors (Lipinski definition) is 1. The van der Waals surface area contributed by atoms with Gasteiger partial charge in [-0.25, -0.2) is 0 Å². The first-order valence-corrected chi connectivity index (χ1v) is 10.1. The maximum atomic E-state index is 12.3. The Morgan fingerprint density at radius 3 is 2.32 bits per heavy atom. The Morgan fingerprint density at radius 2 is 1.68 bits per heavy atom. The zero-order chi connectivity index (χ0) is 18.7. The van der Waals surface area contributed by atoms with Gasteiger partial charge in [-0.15, -0.1) is 0 Å². The van der Waals surface area contributed by atoms with Gasteiger partial charge < -0.3 is 9.84 Å². The second-order valence-corrected chi connectivity index (χ2v) is 7.48. The van der Waals surface area contributed by atoms with E-state index in [1.54, 1.807) is 0 Å². The highest BCUT2D eigenvalue weighted by molar-refractivity contribution is 5.72. The number of unbranched alkanes of at least 4 members (excludes halogenated alkanes) is 6. The molecule has 0 bridgehead atoms. The van der Waals surface area contributed by atoms with Crippen LogP contribution in [-0.4, -0.2) is 22.6 Å². The lowest BCUT2D eigenvalue weighted by molar-refractivity contribution is -0.155. The zero-order valence-corrected chi connectivity index (χ0v) is 16.4. The molecule has 0 radical (unpaired) electrons. The van der Waals surface area contributed by atoms with Crippen LogP contribution in [0.3, 0.4) is 0 Å². The van der Waals surface area contributed by atoms with Gasteiger partial charge in [-0.1, -0.05) is 57.9 Å². The van der Waals surface area contributed by atoms with Gasteiger partial charge in [-0.3, -0.25) is 9.59 Å². The van der Waals surface area contributed by atoms with Crippen molar-refractivity contribution in [1.29, 1.82) is 0 Å². The Hall–Kier alpha value is -1.32. The minimum absolute atomic E-state index is 0.0750. The van der Waals surface area contributed by atoms with Gasteiger partial charge >= 0.3 is 11.9 Å². The van der Waals surface area contributed by atoms with Gasteiger partial charge in [0.2, 0.25) is 0 Å². The predicted molar refractivity (Wildman–Crippen MR) is 101 cm³/mol. The van der Waals surface area contributed by atoms with Crippen LogP contribution in [0.1, 0.15) is 104 Å². The lowest BCUT2D eigenvalue weighted by atomic mass is 9.91. The molecular formula is C21H36O4. The number of esters is 1. The van der Waals surface area contributed by atoms with Crippen LogP contribution in [0.15, 0.2) is 11.1 Å². The van der Waals surface area contributed by atoms with E-state index in [1.807, 2.05) is 6.92 Å². The highest BCUT2D eigenvalue weighted by Crippen LogP contribution is 2.42. The van der Waals surface area contributed by atoms with E-state index < -0.39 is 11.6 Å². The number of rotatable bonds is 13. The smallest absolute Gasteiger partial charge is 0.307 e. The predicted octanol–water partition coefficient (Wildman–Crippen LogP) is 5.79. The minimum atomic E-state index is -0.797. The van der Waals surface area contributed by atoms with Gasteiger partial charge in [0, 0.05) is 6.42 Å². The molecule has 1 N–H and O–H groups in total. The second-order valence-electron chi connectivity index (χ2n) is 7.48. The standard InChI is InChI=1S/C21H36O4/c1-4-6-8-9-11-13-20(24)25-21(3)15-14-17(16-19(22)23)18(21)12-10-7-5-2/h4-16H2,1-3H3,(H,22,23). The SMILES string of the molecule is CCCCCCCC(=O)OC1(C)CCC(CC(=O)O)=C1CCCCC. The molecule has 0 aromatic heterocycles.